The first-order chi connectivity index (χ1) is 10.1. The second-order valence-electron chi connectivity index (χ2n) is 5.67. The third-order valence-corrected chi connectivity index (χ3v) is 3.90. The van der Waals surface area contributed by atoms with Crippen LogP contribution in [0.3, 0.4) is 0 Å². The summed E-state index contributed by atoms with van der Waals surface area (Å²) in [6.07, 6.45) is 7.73. The maximum Gasteiger partial charge on any atom is 0.188 e. The van der Waals surface area contributed by atoms with Crippen molar-refractivity contribution in [2.75, 3.05) is 6.54 Å². The summed E-state index contributed by atoms with van der Waals surface area (Å²) >= 11 is 0. The third-order valence-electron chi connectivity index (χ3n) is 3.90. The molecule has 120 valence electrons. The quantitative estimate of drug-likeness (QED) is 0.418. The van der Waals surface area contributed by atoms with Crippen LogP contribution in [0.15, 0.2) is 4.99 Å². The Hall–Kier alpha value is -1.52. The molecule has 3 N–H and O–H groups in total. The molecule has 21 heavy (non-hydrogen) atoms. The van der Waals surface area contributed by atoms with Gasteiger partial charge in [0.2, 0.25) is 0 Å². The van der Waals surface area contributed by atoms with Gasteiger partial charge in [0.25, 0.3) is 0 Å². The van der Waals surface area contributed by atoms with Gasteiger partial charge in [0.1, 0.15) is 0 Å². The van der Waals surface area contributed by atoms with E-state index in [0.717, 1.165) is 24.4 Å². The normalized spacial score (nSPS) is 11.9. The number of nitrogens with zero attached hydrogens (tertiary/aromatic N) is 3. The molecule has 0 fully saturated rings. The van der Waals surface area contributed by atoms with Crippen LogP contribution in [0.25, 0.3) is 0 Å². The molecular formula is C16H31N5. The average Bonchev–Trinajstić information content (AvgIpc) is 2.69. The highest BCUT2D eigenvalue weighted by atomic mass is 15.3. The maximum atomic E-state index is 5.90. The summed E-state index contributed by atoms with van der Waals surface area (Å²) in [6, 6.07) is 0. The number of aryl methyl sites for hydroxylation is 2. The van der Waals surface area contributed by atoms with Gasteiger partial charge in [-0.1, -0.05) is 39.0 Å². The molecule has 0 spiro atoms. The predicted molar refractivity (Wildman–Crippen MR) is 89.4 cm³/mol. The molecule has 0 radical (unpaired) electrons. The van der Waals surface area contributed by atoms with Gasteiger partial charge in [0.05, 0.1) is 12.2 Å². The van der Waals surface area contributed by atoms with E-state index in [1.807, 2.05) is 18.7 Å². The first-order valence-corrected chi connectivity index (χ1v) is 8.09. The van der Waals surface area contributed by atoms with E-state index in [4.69, 9.17) is 5.73 Å². The number of rotatable bonds is 9. The molecule has 0 aliphatic heterocycles. The molecule has 0 aliphatic carbocycles. The smallest absolute Gasteiger partial charge is 0.188 e. The maximum absolute atomic E-state index is 5.90. The molecular weight excluding hydrogens is 262 g/mol. The van der Waals surface area contributed by atoms with Gasteiger partial charge in [-0.25, -0.2) is 4.99 Å². The summed E-state index contributed by atoms with van der Waals surface area (Å²) in [7, 11) is 1.95. The van der Waals surface area contributed by atoms with Gasteiger partial charge in [-0.05, 0) is 20.3 Å². The van der Waals surface area contributed by atoms with Crippen LogP contribution in [0.1, 0.15) is 62.4 Å². The Morgan fingerprint density at radius 2 is 1.86 bits per heavy atom. The zero-order chi connectivity index (χ0) is 15.7. The summed E-state index contributed by atoms with van der Waals surface area (Å²) in [5, 5.41) is 7.58. The minimum absolute atomic E-state index is 0.534. The summed E-state index contributed by atoms with van der Waals surface area (Å²) in [6.45, 7) is 7.82. The average molecular weight is 293 g/mol. The molecule has 0 unspecified atom stereocenters. The Morgan fingerprint density at radius 3 is 2.48 bits per heavy atom. The molecule has 0 aliphatic rings. The van der Waals surface area contributed by atoms with E-state index in [2.05, 4.69) is 29.3 Å². The molecule has 0 saturated heterocycles. The number of hydrogen-bond donors (Lipinski definition) is 2. The van der Waals surface area contributed by atoms with Crippen LogP contribution in [0.2, 0.25) is 0 Å². The fraction of sp³-hybridized carbons (Fsp3) is 0.750. The summed E-state index contributed by atoms with van der Waals surface area (Å²) in [5.74, 6) is 0.534. The van der Waals surface area contributed by atoms with Crippen molar-refractivity contribution in [1.82, 2.24) is 15.1 Å². The van der Waals surface area contributed by atoms with E-state index < -0.39 is 0 Å². The van der Waals surface area contributed by atoms with Gasteiger partial charge in [0, 0.05) is 24.8 Å². The largest absolute Gasteiger partial charge is 0.370 e. The zero-order valence-electron chi connectivity index (χ0n) is 14.1. The lowest BCUT2D eigenvalue weighted by Gasteiger charge is -2.06. The molecule has 0 bridgehead atoms. The summed E-state index contributed by atoms with van der Waals surface area (Å²) in [5.41, 5.74) is 9.25. The molecule has 0 saturated carbocycles. The highest BCUT2D eigenvalue weighted by molar-refractivity contribution is 5.77. The highest BCUT2D eigenvalue weighted by Gasteiger charge is 2.08. The minimum atomic E-state index is 0.534. The molecule has 1 rings (SSSR count). The molecule has 1 aromatic heterocycles. The SMILES string of the molecule is CCCCCCCCNC(N)=NCc1c(C)nn(C)c1C. The van der Waals surface area contributed by atoms with Crippen LogP contribution in [-0.4, -0.2) is 22.3 Å². The molecule has 0 amide bonds. The number of unbranched alkanes of at least 4 members (excludes halogenated alkanes) is 5. The number of guanidine groups is 1. The van der Waals surface area contributed by atoms with E-state index in [1.165, 1.54) is 37.7 Å². The highest BCUT2D eigenvalue weighted by Crippen LogP contribution is 2.12. The Labute approximate surface area is 129 Å². The summed E-state index contributed by atoms with van der Waals surface area (Å²) < 4.78 is 1.89. The Kier molecular flexibility index (Phi) is 7.87. The van der Waals surface area contributed by atoms with Crippen molar-refractivity contribution in [3.05, 3.63) is 17.0 Å². The minimum Gasteiger partial charge on any atom is -0.370 e. The number of nitrogens with two attached hydrogens (primary N) is 1. The van der Waals surface area contributed by atoms with Crippen LogP contribution in [0.4, 0.5) is 0 Å². The fourth-order valence-corrected chi connectivity index (χ4v) is 2.39. The number of aromatic nitrogens is 2. The number of hydrogen-bond acceptors (Lipinski definition) is 2. The van der Waals surface area contributed by atoms with Crippen molar-refractivity contribution in [2.45, 2.75) is 65.8 Å². The van der Waals surface area contributed by atoms with Gasteiger partial charge in [-0.2, -0.15) is 5.10 Å². The van der Waals surface area contributed by atoms with Crippen LogP contribution in [-0.2, 0) is 13.6 Å². The second-order valence-corrected chi connectivity index (χ2v) is 5.67. The molecule has 1 aromatic rings. The van der Waals surface area contributed by atoms with Crippen molar-refractivity contribution in [3.63, 3.8) is 0 Å². The monoisotopic (exact) mass is 293 g/mol. The topological polar surface area (TPSA) is 68.2 Å². The van der Waals surface area contributed by atoms with Crippen molar-refractivity contribution >= 4 is 5.96 Å². The standard InChI is InChI=1S/C16H31N5/c1-5-6-7-8-9-10-11-18-16(17)19-12-15-13(2)20-21(4)14(15)3/h5-12H2,1-4H3,(H3,17,18,19). The van der Waals surface area contributed by atoms with Crippen LogP contribution in [0, 0.1) is 13.8 Å². The van der Waals surface area contributed by atoms with Crippen LogP contribution in [0.5, 0.6) is 0 Å². The van der Waals surface area contributed by atoms with Gasteiger partial charge < -0.3 is 11.1 Å². The van der Waals surface area contributed by atoms with Gasteiger partial charge in [-0.15, -0.1) is 0 Å². The van der Waals surface area contributed by atoms with E-state index in [1.54, 1.807) is 0 Å². The lowest BCUT2D eigenvalue weighted by atomic mass is 10.1. The van der Waals surface area contributed by atoms with E-state index >= 15 is 0 Å². The van der Waals surface area contributed by atoms with Crippen molar-refractivity contribution in [1.29, 1.82) is 0 Å². The fourth-order valence-electron chi connectivity index (χ4n) is 2.39. The first kappa shape index (κ1) is 17.5. The van der Waals surface area contributed by atoms with E-state index in [0.29, 0.717) is 12.5 Å². The Balaban J connectivity index is 2.24. The molecule has 0 atom stereocenters. The number of aliphatic imine (C=N–C) groups is 1. The molecule has 5 heteroatoms. The first-order valence-electron chi connectivity index (χ1n) is 8.09. The van der Waals surface area contributed by atoms with E-state index in [9.17, 15) is 0 Å². The Bertz CT molecular complexity index is 448. The second kappa shape index (κ2) is 9.42. The molecule has 5 nitrogen and oxygen atoms in total. The van der Waals surface area contributed by atoms with Gasteiger partial charge >= 0.3 is 0 Å². The predicted octanol–water partition coefficient (Wildman–Crippen LogP) is 2.80. The number of nitrogens with one attached hydrogen (secondary N) is 1. The van der Waals surface area contributed by atoms with Crippen LogP contribution >= 0.6 is 0 Å². The lowest BCUT2D eigenvalue weighted by Crippen LogP contribution is -2.32. The van der Waals surface area contributed by atoms with Gasteiger partial charge in [0.15, 0.2) is 5.96 Å². The van der Waals surface area contributed by atoms with Crippen molar-refractivity contribution < 1.29 is 0 Å². The Morgan fingerprint density at radius 1 is 1.19 bits per heavy atom. The van der Waals surface area contributed by atoms with Crippen LogP contribution < -0.4 is 11.1 Å². The zero-order valence-corrected chi connectivity index (χ0v) is 14.1. The molecule has 0 aromatic carbocycles. The van der Waals surface area contributed by atoms with E-state index in [-0.39, 0.29) is 0 Å². The van der Waals surface area contributed by atoms with Crippen molar-refractivity contribution in [3.8, 4) is 0 Å². The molecule has 1 heterocycles. The van der Waals surface area contributed by atoms with Gasteiger partial charge in [-0.3, -0.25) is 4.68 Å². The lowest BCUT2D eigenvalue weighted by molar-refractivity contribution is 0.601. The van der Waals surface area contributed by atoms with Crippen molar-refractivity contribution in [2.24, 2.45) is 17.8 Å². The third kappa shape index (κ3) is 6.19. The summed E-state index contributed by atoms with van der Waals surface area (Å²) in [4.78, 5) is 4.41.